The number of hydrogen-bond donors (Lipinski definition) is 0. The van der Waals surface area contributed by atoms with Crippen LogP contribution in [0.1, 0.15) is 69.6 Å². The first-order chi connectivity index (χ1) is 14.6. The Bertz CT molecular complexity index is 784. The van der Waals surface area contributed by atoms with Gasteiger partial charge in [-0.3, -0.25) is 0 Å². The van der Waals surface area contributed by atoms with Gasteiger partial charge in [-0.25, -0.2) is 0 Å². The molecule has 0 aliphatic carbocycles. The molecule has 0 amide bonds. The zero-order valence-corrected chi connectivity index (χ0v) is 18.0. The van der Waals surface area contributed by atoms with E-state index in [1.54, 1.807) is 6.92 Å². The summed E-state index contributed by atoms with van der Waals surface area (Å²) in [6, 6.07) is 10.8. The van der Waals surface area contributed by atoms with E-state index in [0.717, 1.165) is 24.2 Å². The molecular weight excluding hydrogens is 386 g/mol. The van der Waals surface area contributed by atoms with Crippen LogP contribution in [0.3, 0.4) is 0 Å². The molecule has 2 atom stereocenters. The van der Waals surface area contributed by atoms with Gasteiger partial charge in [0.05, 0.1) is 19.3 Å². The van der Waals surface area contributed by atoms with Crippen molar-refractivity contribution >= 4 is 0 Å². The fraction of sp³-hybridized carbons (Fsp3) is 0.520. The Morgan fingerprint density at radius 3 is 2.20 bits per heavy atom. The highest BCUT2D eigenvalue weighted by Gasteiger charge is 2.22. The Kier molecular flexibility index (Phi) is 8.50. The van der Waals surface area contributed by atoms with E-state index in [9.17, 15) is 8.78 Å². The minimum absolute atomic E-state index is 0.105. The lowest BCUT2D eigenvalue weighted by atomic mass is 9.91. The third kappa shape index (κ3) is 5.94. The molecule has 5 heteroatoms. The van der Waals surface area contributed by atoms with Gasteiger partial charge in [0.15, 0.2) is 11.5 Å². The first-order valence-corrected chi connectivity index (χ1v) is 11.1. The van der Waals surface area contributed by atoms with Gasteiger partial charge in [0.1, 0.15) is 6.61 Å². The van der Waals surface area contributed by atoms with Gasteiger partial charge in [-0.15, -0.1) is 0 Å². The van der Waals surface area contributed by atoms with Crippen molar-refractivity contribution in [3.8, 4) is 11.5 Å². The van der Waals surface area contributed by atoms with Crippen molar-refractivity contribution in [2.24, 2.45) is 5.92 Å². The molecular formula is C25H32F2O3. The van der Waals surface area contributed by atoms with Crippen molar-refractivity contribution in [1.82, 2.24) is 0 Å². The maximum atomic E-state index is 14.1. The Morgan fingerprint density at radius 2 is 1.60 bits per heavy atom. The normalized spacial score (nSPS) is 18.9. The Morgan fingerprint density at radius 1 is 0.900 bits per heavy atom. The largest absolute Gasteiger partial charge is 0.491 e. The molecule has 0 spiro atoms. The molecule has 2 unspecified atom stereocenters. The van der Waals surface area contributed by atoms with Crippen LogP contribution >= 0.6 is 0 Å². The number of rotatable bonds is 10. The molecule has 1 heterocycles. The van der Waals surface area contributed by atoms with Crippen LogP contribution in [0.25, 0.3) is 0 Å². The molecule has 0 aromatic heterocycles. The van der Waals surface area contributed by atoms with Crippen LogP contribution in [-0.4, -0.2) is 13.2 Å². The van der Waals surface area contributed by atoms with E-state index in [1.165, 1.54) is 44.2 Å². The van der Waals surface area contributed by atoms with Crippen LogP contribution in [0, 0.1) is 17.6 Å². The van der Waals surface area contributed by atoms with E-state index < -0.39 is 11.6 Å². The summed E-state index contributed by atoms with van der Waals surface area (Å²) in [5.41, 5.74) is 2.05. The molecule has 0 saturated carbocycles. The van der Waals surface area contributed by atoms with Crippen molar-refractivity contribution in [1.29, 1.82) is 0 Å². The fourth-order valence-corrected chi connectivity index (χ4v) is 3.86. The van der Waals surface area contributed by atoms with E-state index in [2.05, 4.69) is 6.92 Å². The summed E-state index contributed by atoms with van der Waals surface area (Å²) in [5.74, 6) is -1.59. The van der Waals surface area contributed by atoms with Gasteiger partial charge >= 0.3 is 0 Å². The van der Waals surface area contributed by atoms with Crippen molar-refractivity contribution in [3.63, 3.8) is 0 Å². The Balaban J connectivity index is 1.50. The maximum absolute atomic E-state index is 14.1. The highest BCUT2D eigenvalue weighted by molar-refractivity contribution is 5.35. The highest BCUT2D eigenvalue weighted by atomic mass is 19.2. The highest BCUT2D eigenvalue weighted by Crippen LogP contribution is 2.33. The van der Waals surface area contributed by atoms with Crippen LogP contribution in [-0.2, 0) is 11.3 Å². The first kappa shape index (κ1) is 22.5. The number of hydrogen-bond acceptors (Lipinski definition) is 3. The van der Waals surface area contributed by atoms with Crippen molar-refractivity contribution < 1.29 is 23.0 Å². The van der Waals surface area contributed by atoms with Crippen LogP contribution < -0.4 is 9.47 Å². The van der Waals surface area contributed by atoms with Crippen LogP contribution in [0.4, 0.5) is 8.78 Å². The Hall–Kier alpha value is -2.14. The summed E-state index contributed by atoms with van der Waals surface area (Å²) in [5, 5.41) is 0. The summed E-state index contributed by atoms with van der Waals surface area (Å²) in [6.07, 6.45) is 7.51. The fourth-order valence-electron chi connectivity index (χ4n) is 3.86. The smallest absolute Gasteiger partial charge is 0.204 e. The van der Waals surface area contributed by atoms with Crippen LogP contribution in [0.2, 0.25) is 0 Å². The van der Waals surface area contributed by atoms with E-state index in [0.29, 0.717) is 5.92 Å². The third-order valence-corrected chi connectivity index (χ3v) is 5.64. The molecule has 30 heavy (non-hydrogen) atoms. The lowest BCUT2D eigenvalue weighted by Gasteiger charge is -2.29. The van der Waals surface area contributed by atoms with Crippen molar-refractivity contribution in [3.05, 3.63) is 59.2 Å². The zero-order chi connectivity index (χ0) is 21.3. The topological polar surface area (TPSA) is 27.7 Å². The predicted octanol–water partition coefficient (Wildman–Crippen LogP) is 6.99. The van der Waals surface area contributed by atoms with Crippen molar-refractivity contribution in [2.45, 2.75) is 65.1 Å². The summed E-state index contributed by atoms with van der Waals surface area (Å²) in [7, 11) is 0. The number of benzene rings is 2. The molecule has 1 fully saturated rings. The number of halogens is 2. The van der Waals surface area contributed by atoms with Gasteiger partial charge in [-0.2, -0.15) is 8.78 Å². The Labute approximate surface area is 178 Å². The minimum Gasteiger partial charge on any atom is -0.491 e. The van der Waals surface area contributed by atoms with Gasteiger partial charge < -0.3 is 14.2 Å². The maximum Gasteiger partial charge on any atom is 0.204 e. The molecule has 3 nitrogen and oxygen atoms in total. The molecule has 1 aliphatic rings. The van der Waals surface area contributed by atoms with Crippen LogP contribution in [0.15, 0.2) is 36.4 Å². The van der Waals surface area contributed by atoms with Gasteiger partial charge in [0.25, 0.3) is 0 Å². The molecule has 2 aromatic rings. The predicted molar refractivity (Wildman–Crippen MR) is 114 cm³/mol. The number of unbranched alkanes of at least 4 members (excludes halogenated alkanes) is 2. The zero-order valence-electron chi connectivity index (χ0n) is 18.0. The van der Waals surface area contributed by atoms with Crippen LogP contribution in [0.5, 0.6) is 11.5 Å². The first-order valence-electron chi connectivity index (χ1n) is 11.1. The average Bonchev–Trinajstić information content (AvgIpc) is 2.78. The monoisotopic (exact) mass is 418 g/mol. The van der Waals surface area contributed by atoms with E-state index in [-0.39, 0.29) is 30.8 Å². The summed E-state index contributed by atoms with van der Waals surface area (Å²) in [6.45, 7) is 5.22. The summed E-state index contributed by atoms with van der Waals surface area (Å²) >= 11 is 0. The lowest BCUT2D eigenvalue weighted by Crippen LogP contribution is -2.20. The second kappa shape index (κ2) is 11.3. The lowest BCUT2D eigenvalue weighted by molar-refractivity contribution is -0.0198. The van der Waals surface area contributed by atoms with Gasteiger partial charge in [0, 0.05) is 0 Å². The molecule has 1 aliphatic heterocycles. The molecule has 3 rings (SSSR count). The average molecular weight is 419 g/mol. The SMILES string of the molecule is CCCCCC1CCC(c2ccc(COc3ccc(OCC)c(F)c3F)cc2)OC1. The van der Waals surface area contributed by atoms with E-state index in [4.69, 9.17) is 14.2 Å². The molecule has 0 radical (unpaired) electrons. The minimum atomic E-state index is -1.03. The van der Waals surface area contributed by atoms with Crippen molar-refractivity contribution in [2.75, 3.05) is 13.2 Å². The molecule has 2 aromatic carbocycles. The standard InChI is InChI=1S/C25H32F2O3/c1-3-5-6-7-18-10-13-21(29-16-18)20-11-8-19(9-12-20)17-30-23-15-14-22(28-4-2)24(26)25(23)27/h8-9,11-12,14-15,18,21H,3-7,10,13,16-17H2,1-2H3. The van der Waals surface area contributed by atoms with E-state index >= 15 is 0 Å². The van der Waals surface area contributed by atoms with Gasteiger partial charge in [-0.1, -0.05) is 50.5 Å². The quantitative estimate of drug-likeness (QED) is 0.389. The van der Waals surface area contributed by atoms with Gasteiger partial charge in [0.2, 0.25) is 11.6 Å². The molecule has 1 saturated heterocycles. The summed E-state index contributed by atoms with van der Waals surface area (Å²) in [4.78, 5) is 0. The third-order valence-electron chi connectivity index (χ3n) is 5.64. The molecule has 164 valence electrons. The molecule has 0 bridgehead atoms. The van der Waals surface area contributed by atoms with E-state index in [1.807, 2.05) is 24.3 Å². The second-order valence-corrected chi connectivity index (χ2v) is 7.91. The van der Waals surface area contributed by atoms with Gasteiger partial charge in [-0.05, 0) is 55.4 Å². The molecule has 0 N–H and O–H groups in total. The number of ether oxygens (including phenoxy) is 3. The second-order valence-electron chi connectivity index (χ2n) is 7.91. The summed E-state index contributed by atoms with van der Waals surface area (Å²) < 4.78 is 44.7.